The van der Waals surface area contributed by atoms with Crippen LogP contribution in [0.4, 0.5) is 5.00 Å². The van der Waals surface area contributed by atoms with Crippen LogP contribution in [0.3, 0.4) is 0 Å². The highest BCUT2D eigenvalue weighted by molar-refractivity contribution is 7.17. The van der Waals surface area contributed by atoms with Crippen LogP contribution in [-0.4, -0.2) is 34.6 Å². The molecule has 3 heterocycles. The van der Waals surface area contributed by atoms with Gasteiger partial charge in [-0.05, 0) is 62.8 Å². The summed E-state index contributed by atoms with van der Waals surface area (Å²) in [6, 6.07) is 7.55. The van der Waals surface area contributed by atoms with Gasteiger partial charge in [0.05, 0.1) is 30.5 Å². The predicted octanol–water partition coefficient (Wildman–Crippen LogP) is 5.28. The lowest BCUT2D eigenvalue weighted by Gasteiger charge is -2.12. The minimum atomic E-state index is -0.421. The molecule has 1 aromatic carbocycles. The van der Waals surface area contributed by atoms with Gasteiger partial charge >= 0.3 is 5.97 Å². The van der Waals surface area contributed by atoms with Crippen molar-refractivity contribution in [2.75, 3.05) is 18.5 Å². The van der Waals surface area contributed by atoms with E-state index in [1.165, 1.54) is 33.6 Å². The van der Waals surface area contributed by atoms with E-state index < -0.39 is 11.9 Å². The Bertz CT molecular complexity index is 1520. The zero-order chi connectivity index (χ0) is 25.9. The lowest BCUT2D eigenvalue weighted by Crippen LogP contribution is -2.28. The number of fused-ring (bicyclic) bond motifs is 2. The molecule has 1 N–H and O–H groups in total. The van der Waals surface area contributed by atoms with Crippen molar-refractivity contribution in [1.29, 1.82) is 0 Å². The summed E-state index contributed by atoms with van der Waals surface area (Å²) in [4.78, 5) is 45.3. The summed E-state index contributed by atoms with van der Waals surface area (Å²) in [5.74, 6) is -0.0589. The summed E-state index contributed by atoms with van der Waals surface area (Å²) in [6.07, 6.45) is 5.13. The van der Waals surface area contributed by atoms with Crippen molar-refractivity contribution in [3.8, 4) is 16.9 Å². The first-order valence-corrected chi connectivity index (χ1v) is 14.0. The van der Waals surface area contributed by atoms with Crippen LogP contribution in [0.5, 0.6) is 5.75 Å². The summed E-state index contributed by atoms with van der Waals surface area (Å²) in [5, 5.41) is 5.74. The number of anilines is 1. The van der Waals surface area contributed by atoms with Crippen LogP contribution < -0.4 is 15.6 Å². The first-order valence-electron chi connectivity index (χ1n) is 12.3. The molecule has 0 saturated heterocycles. The van der Waals surface area contributed by atoms with Gasteiger partial charge in [0, 0.05) is 15.8 Å². The van der Waals surface area contributed by atoms with Crippen LogP contribution in [0.2, 0.25) is 0 Å². The molecule has 10 heteroatoms. The van der Waals surface area contributed by atoms with Crippen molar-refractivity contribution in [2.24, 2.45) is 0 Å². The number of benzene rings is 1. The van der Waals surface area contributed by atoms with Gasteiger partial charge in [-0.25, -0.2) is 9.78 Å². The number of aromatic nitrogens is 2. The number of nitrogens with zero attached hydrogens (tertiary/aromatic N) is 2. The number of rotatable bonds is 8. The van der Waals surface area contributed by atoms with E-state index >= 15 is 0 Å². The number of carbonyl (C=O) groups is 2. The highest BCUT2D eigenvalue weighted by Crippen LogP contribution is 2.38. The Hall–Kier alpha value is -3.50. The average molecular weight is 538 g/mol. The van der Waals surface area contributed by atoms with Crippen molar-refractivity contribution in [3.63, 3.8) is 0 Å². The number of amides is 1. The highest BCUT2D eigenvalue weighted by atomic mass is 32.1. The Morgan fingerprint density at radius 2 is 1.89 bits per heavy atom. The molecule has 0 fully saturated rings. The molecule has 1 amide bonds. The zero-order valence-corrected chi connectivity index (χ0v) is 22.3. The van der Waals surface area contributed by atoms with Crippen LogP contribution >= 0.6 is 22.7 Å². The van der Waals surface area contributed by atoms with E-state index in [9.17, 15) is 14.4 Å². The quantitative estimate of drug-likeness (QED) is 0.307. The molecule has 37 heavy (non-hydrogen) atoms. The number of hydrogen-bond acceptors (Lipinski definition) is 8. The molecule has 5 rings (SSSR count). The summed E-state index contributed by atoms with van der Waals surface area (Å²) in [7, 11) is 0. The third-order valence-corrected chi connectivity index (χ3v) is 8.35. The van der Waals surface area contributed by atoms with Gasteiger partial charge < -0.3 is 14.8 Å². The lowest BCUT2D eigenvalue weighted by molar-refractivity contribution is -0.116. The van der Waals surface area contributed by atoms with Crippen LogP contribution in [-0.2, 0) is 28.9 Å². The fourth-order valence-electron chi connectivity index (χ4n) is 4.58. The van der Waals surface area contributed by atoms with E-state index in [2.05, 4.69) is 10.3 Å². The molecular formula is C27H27N3O5S2. The minimum Gasteiger partial charge on any atom is -0.494 e. The summed E-state index contributed by atoms with van der Waals surface area (Å²) >= 11 is 2.81. The van der Waals surface area contributed by atoms with Crippen LogP contribution in [0.15, 0.2) is 40.8 Å². The standard InChI is InChI=1S/C27H27N3O5S2/c1-3-34-17-11-9-16(10-12-17)19-14-36-24-22(19)26(32)30(15-28-24)13-21(31)29-25-23(27(33)35-4-2)18-7-5-6-8-20(18)37-25/h9-12,14-15H,3-8,13H2,1-2H3,(H,29,31). The number of carbonyl (C=O) groups excluding carboxylic acids is 2. The molecule has 0 atom stereocenters. The smallest absolute Gasteiger partial charge is 0.341 e. The van der Waals surface area contributed by atoms with E-state index in [1.54, 1.807) is 6.92 Å². The summed E-state index contributed by atoms with van der Waals surface area (Å²) in [5.41, 5.74) is 2.78. The Morgan fingerprint density at radius 1 is 1.11 bits per heavy atom. The minimum absolute atomic E-state index is 0.217. The maximum Gasteiger partial charge on any atom is 0.341 e. The van der Waals surface area contributed by atoms with E-state index in [0.29, 0.717) is 27.4 Å². The van der Waals surface area contributed by atoms with Gasteiger partial charge in [0.15, 0.2) is 0 Å². The Labute approximate surface area is 221 Å². The number of aryl methyl sites for hydroxylation is 1. The van der Waals surface area contributed by atoms with Crippen LogP contribution in [0.1, 0.15) is 47.5 Å². The second kappa shape index (κ2) is 10.9. The zero-order valence-electron chi connectivity index (χ0n) is 20.7. The maximum atomic E-state index is 13.4. The van der Waals surface area contributed by atoms with Gasteiger partial charge in [0.25, 0.3) is 5.56 Å². The Balaban J connectivity index is 1.42. The maximum absolute atomic E-state index is 13.4. The number of esters is 1. The van der Waals surface area contributed by atoms with Crippen molar-refractivity contribution in [3.05, 3.63) is 62.3 Å². The van der Waals surface area contributed by atoms with Gasteiger partial charge in [0.1, 0.15) is 22.1 Å². The summed E-state index contributed by atoms with van der Waals surface area (Å²) < 4.78 is 12.1. The van der Waals surface area contributed by atoms with Gasteiger partial charge in [-0.3, -0.25) is 14.2 Å². The fraction of sp³-hybridized carbons (Fsp3) is 0.333. The van der Waals surface area contributed by atoms with Gasteiger partial charge in [0.2, 0.25) is 5.91 Å². The first-order chi connectivity index (χ1) is 18.0. The SMILES string of the molecule is CCOC(=O)c1c(NC(=O)Cn2cnc3scc(-c4ccc(OCC)cc4)c3c2=O)sc2c1CCCC2. The summed E-state index contributed by atoms with van der Waals surface area (Å²) in [6.45, 7) is 4.30. The topological polar surface area (TPSA) is 99.5 Å². The van der Waals surface area contributed by atoms with Gasteiger partial charge in [-0.15, -0.1) is 22.7 Å². The normalized spacial score (nSPS) is 12.8. The highest BCUT2D eigenvalue weighted by Gasteiger charge is 2.27. The van der Waals surface area contributed by atoms with Crippen molar-refractivity contribution < 1.29 is 19.1 Å². The molecule has 3 aromatic heterocycles. The monoisotopic (exact) mass is 537 g/mol. The lowest BCUT2D eigenvalue weighted by atomic mass is 9.95. The molecule has 0 spiro atoms. The molecule has 0 bridgehead atoms. The molecule has 192 valence electrons. The fourth-order valence-corrected chi connectivity index (χ4v) is 6.78. The molecular weight excluding hydrogens is 510 g/mol. The first kappa shape index (κ1) is 25.2. The second-order valence-electron chi connectivity index (χ2n) is 8.65. The molecule has 4 aromatic rings. The Kier molecular flexibility index (Phi) is 7.38. The number of thiophene rings is 2. The van der Waals surface area contributed by atoms with Crippen molar-refractivity contribution in [2.45, 2.75) is 46.1 Å². The third kappa shape index (κ3) is 5.03. The van der Waals surface area contributed by atoms with Gasteiger partial charge in [-0.2, -0.15) is 0 Å². The van der Waals surface area contributed by atoms with E-state index in [1.807, 2.05) is 36.6 Å². The second-order valence-corrected chi connectivity index (χ2v) is 10.6. The Morgan fingerprint density at radius 3 is 2.65 bits per heavy atom. The molecule has 0 aliphatic heterocycles. The molecule has 8 nitrogen and oxygen atoms in total. The molecule has 0 radical (unpaired) electrons. The molecule has 0 unspecified atom stereocenters. The molecule has 1 aliphatic rings. The number of nitrogens with one attached hydrogen (secondary N) is 1. The largest absolute Gasteiger partial charge is 0.494 e. The van der Waals surface area contributed by atoms with E-state index in [-0.39, 0.29) is 18.7 Å². The third-order valence-electron chi connectivity index (χ3n) is 6.25. The van der Waals surface area contributed by atoms with Crippen LogP contribution in [0, 0.1) is 0 Å². The average Bonchev–Trinajstić information content (AvgIpc) is 3.48. The number of ether oxygens (including phenoxy) is 2. The number of hydrogen-bond donors (Lipinski definition) is 1. The van der Waals surface area contributed by atoms with E-state index in [4.69, 9.17) is 9.47 Å². The molecule has 1 aliphatic carbocycles. The predicted molar refractivity (Wildman–Crippen MR) is 146 cm³/mol. The van der Waals surface area contributed by atoms with Crippen molar-refractivity contribution in [1.82, 2.24) is 9.55 Å². The molecule has 0 saturated carbocycles. The van der Waals surface area contributed by atoms with Gasteiger partial charge in [-0.1, -0.05) is 12.1 Å². The van der Waals surface area contributed by atoms with Crippen molar-refractivity contribution >= 4 is 49.8 Å². The van der Waals surface area contributed by atoms with Crippen LogP contribution in [0.25, 0.3) is 21.3 Å². The van der Waals surface area contributed by atoms with E-state index in [0.717, 1.165) is 53.0 Å².